The molecule has 132 valence electrons. The average molecular weight is 349 g/mol. The Morgan fingerprint density at radius 2 is 2.08 bits per heavy atom. The first-order valence-electron chi connectivity index (χ1n) is 8.24. The Morgan fingerprint density at radius 1 is 1.27 bits per heavy atom. The summed E-state index contributed by atoms with van der Waals surface area (Å²) in [6.45, 7) is 1.57. The number of carbonyl (C=O) groups excluding carboxylic acids is 2. The molecule has 26 heavy (non-hydrogen) atoms. The van der Waals surface area contributed by atoms with Crippen LogP contribution in [-0.2, 0) is 0 Å². The van der Waals surface area contributed by atoms with Crippen molar-refractivity contribution in [2.24, 2.45) is 0 Å². The normalized spacial score (nSPS) is 12.8. The highest BCUT2D eigenvalue weighted by molar-refractivity contribution is 5.95. The molecule has 0 aliphatic carbocycles. The number of methoxy groups -OCH3 is 1. The molecule has 2 aromatic rings. The molecule has 0 spiro atoms. The van der Waals surface area contributed by atoms with Gasteiger partial charge in [0.25, 0.3) is 5.91 Å². The van der Waals surface area contributed by atoms with E-state index in [4.69, 9.17) is 4.74 Å². The number of ether oxygens (including phenoxy) is 1. The van der Waals surface area contributed by atoms with Crippen LogP contribution in [-0.4, -0.2) is 38.7 Å². The third kappa shape index (κ3) is 4.14. The molecular formula is C20H19N3O3. The van der Waals surface area contributed by atoms with Crippen molar-refractivity contribution in [2.75, 3.05) is 31.6 Å². The smallest absolute Gasteiger partial charge is 0.321 e. The molecule has 2 N–H and O–H groups in total. The molecule has 0 bridgehead atoms. The number of anilines is 1. The number of carbonyl (C=O) groups is 2. The Bertz CT molecular complexity index is 866. The minimum Gasteiger partial charge on any atom is -0.497 e. The number of amides is 3. The van der Waals surface area contributed by atoms with Gasteiger partial charge in [0.15, 0.2) is 0 Å². The van der Waals surface area contributed by atoms with Crippen LogP contribution in [0.5, 0.6) is 5.75 Å². The summed E-state index contributed by atoms with van der Waals surface area (Å²) in [4.78, 5) is 25.4. The third-order valence-corrected chi connectivity index (χ3v) is 3.94. The second-order valence-electron chi connectivity index (χ2n) is 5.65. The fraction of sp³-hybridized carbons (Fsp3) is 0.200. The van der Waals surface area contributed by atoms with E-state index in [-0.39, 0.29) is 18.5 Å². The van der Waals surface area contributed by atoms with E-state index in [1.807, 2.05) is 24.3 Å². The van der Waals surface area contributed by atoms with Gasteiger partial charge in [0.05, 0.1) is 13.7 Å². The van der Waals surface area contributed by atoms with E-state index in [2.05, 4.69) is 22.5 Å². The molecule has 1 aliphatic heterocycles. The third-order valence-electron chi connectivity index (χ3n) is 3.94. The van der Waals surface area contributed by atoms with Gasteiger partial charge in [0.1, 0.15) is 5.75 Å². The molecule has 6 nitrogen and oxygen atoms in total. The van der Waals surface area contributed by atoms with Crippen LogP contribution >= 0.6 is 0 Å². The largest absolute Gasteiger partial charge is 0.497 e. The second-order valence-corrected chi connectivity index (χ2v) is 5.65. The highest BCUT2D eigenvalue weighted by Gasteiger charge is 2.20. The molecule has 0 atom stereocenters. The molecular weight excluding hydrogens is 330 g/mol. The number of benzene rings is 2. The first-order chi connectivity index (χ1) is 12.7. The molecule has 6 heteroatoms. The summed E-state index contributed by atoms with van der Waals surface area (Å²) >= 11 is 0. The van der Waals surface area contributed by atoms with Crippen LogP contribution in [0.15, 0.2) is 48.5 Å². The lowest BCUT2D eigenvalue weighted by atomic mass is 10.2. The van der Waals surface area contributed by atoms with Crippen LogP contribution in [0.25, 0.3) is 0 Å². The van der Waals surface area contributed by atoms with Crippen molar-refractivity contribution in [2.45, 2.75) is 0 Å². The van der Waals surface area contributed by atoms with Crippen LogP contribution in [0.4, 0.5) is 10.5 Å². The van der Waals surface area contributed by atoms with Crippen molar-refractivity contribution in [1.82, 2.24) is 10.6 Å². The van der Waals surface area contributed by atoms with Crippen molar-refractivity contribution in [3.8, 4) is 17.6 Å². The lowest BCUT2D eigenvalue weighted by Gasteiger charge is -2.13. The minimum absolute atomic E-state index is 0.0795. The standard InChI is InChI=1S/C20H19N3O3/c1-26-18-6-2-5-16(14-18)19(24)21-11-3-4-15-7-9-17(10-8-15)23-13-12-22-20(23)25/h2,5-10,14H,11-13H2,1H3,(H,21,24)(H,22,25). The highest BCUT2D eigenvalue weighted by atomic mass is 16.5. The Labute approximate surface area is 152 Å². The first-order valence-corrected chi connectivity index (χ1v) is 8.24. The lowest BCUT2D eigenvalue weighted by Crippen LogP contribution is -2.27. The van der Waals surface area contributed by atoms with Crippen molar-refractivity contribution in [3.05, 3.63) is 59.7 Å². The summed E-state index contributed by atoms with van der Waals surface area (Å²) < 4.78 is 5.11. The summed E-state index contributed by atoms with van der Waals surface area (Å²) in [7, 11) is 1.56. The van der Waals surface area contributed by atoms with Gasteiger partial charge in [-0.3, -0.25) is 9.69 Å². The molecule has 0 radical (unpaired) electrons. The number of nitrogens with one attached hydrogen (secondary N) is 2. The average Bonchev–Trinajstić information content (AvgIpc) is 3.11. The number of hydrogen-bond donors (Lipinski definition) is 2. The molecule has 3 amide bonds. The molecule has 1 fully saturated rings. The summed E-state index contributed by atoms with van der Waals surface area (Å²) in [5, 5.41) is 5.52. The second kappa shape index (κ2) is 8.08. The van der Waals surface area contributed by atoms with Gasteiger partial charge in [-0.15, -0.1) is 0 Å². The van der Waals surface area contributed by atoms with Gasteiger partial charge in [-0.25, -0.2) is 4.79 Å². The van der Waals surface area contributed by atoms with Crippen LogP contribution in [0.3, 0.4) is 0 Å². The predicted octanol–water partition coefficient (Wildman–Crippen LogP) is 2.01. The topological polar surface area (TPSA) is 70.7 Å². The van der Waals surface area contributed by atoms with Crippen molar-refractivity contribution in [1.29, 1.82) is 0 Å². The Morgan fingerprint density at radius 3 is 2.77 bits per heavy atom. The van der Waals surface area contributed by atoms with E-state index < -0.39 is 0 Å². The van der Waals surface area contributed by atoms with E-state index in [1.54, 1.807) is 36.3 Å². The summed E-state index contributed by atoms with van der Waals surface area (Å²) in [6, 6.07) is 14.3. The monoisotopic (exact) mass is 349 g/mol. The Balaban J connectivity index is 1.54. The fourth-order valence-electron chi connectivity index (χ4n) is 2.58. The lowest BCUT2D eigenvalue weighted by molar-refractivity contribution is 0.0958. The quantitative estimate of drug-likeness (QED) is 0.830. The van der Waals surface area contributed by atoms with E-state index >= 15 is 0 Å². The highest BCUT2D eigenvalue weighted by Crippen LogP contribution is 2.16. The molecule has 2 aromatic carbocycles. The zero-order chi connectivity index (χ0) is 18.4. The van der Waals surface area contributed by atoms with Crippen LogP contribution in [0.2, 0.25) is 0 Å². The zero-order valence-corrected chi connectivity index (χ0v) is 14.4. The molecule has 1 saturated heterocycles. The molecule has 0 unspecified atom stereocenters. The van der Waals surface area contributed by atoms with Crippen LogP contribution < -0.4 is 20.3 Å². The fourth-order valence-corrected chi connectivity index (χ4v) is 2.58. The van der Waals surface area contributed by atoms with Gasteiger partial charge in [-0.05, 0) is 42.5 Å². The van der Waals surface area contributed by atoms with Crippen LogP contribution in [0.1, 0.15) is 15.9 Å². The molecule has 0 aromatic heterocycles. The van der Waals surface area contributed by atoms with Gasteiger partial charge >= 0.3 is 6.03 Å². The van der Waals surface area contributed by atoms with E-state index in [1.165, 1.54) is 0 Å². The van der Waals surface area contributed by atoms with E-state index in [0.29, 0.717) is 24.4 Å². The molecule has 1 heterocycles. The molecule has 3 rings (SSSR count). The Kier molecular flexibility index (Phi) is 5.40. The van der Waals surface area contributed by atoms with Crippen molar-refractivity contribution < 1.29 is 14.3 Å². The van der Waals surface area contributed by atoms with Crippen LogP contribution in [0, 0.1) is 11.8 Å². The number of hydrogen-bond acceptors (Lipinski definition) is 3. The number of nitrogens with zero attached hydrogens (tertiary/aromatic N) is 1. The van der Waals surface area contributed by atoms with Gasteiger partial charge in [0, 0.05) is 29.9 Å². The molecule has 1 aliphatic rings. The van der Waals surface area contributed by atoms with Crippen molar-refractivity contribution in [3.63, 3.8) is 0 Å². The van der Waals surface area contributed by atoms with Gasteiger partial charge in [-0.2, -0.15) is 0 Å². The van der Waals surface area contributed by atoms with E-state index in [9.17, 15) is 9.59 Å². The van der Waals surface area contributed by atoms with Crippen molar-refractivity contribution >= 4 is 17.6 Å². The summed E-state index contributed by atoms with van der Waals surface area (Å²) in [5.41, 5.74) is 2.19. The maximum Gasteiger partial charge on any atom is 0.321 e. The zero-order valence-electron chi connectivity index (χ0n) is 14.4. The maximum atomic E-state index is 12.1. The van der Waals surface area contributed by atoms with Gasteiger partial charge in [-0.1, -0.05) is 17.9 Å². The van der Waals surface area contributed by atoms with E-state index in [0.717, 1.165) is 11.3 Å². The summed E-state index contributed by atoms with van der Waals surface area (Å²) in [6.07, 6.45) is 0. The molecule has 0 saturated carbocycles. The van der Waals surface area contributed by atoms with Gasteiger partial charge < -0.3 is 15.4 Å². The predicted molar refractivity (Wildman–Crippen MR) is 99.4 cm³/mol. The first kappa shape index (κ1) is 17.4. The maximum absolute atomic E-state index is 12.1. The SMILES string of the molecule is COc1cccc(C(=O)NCC#Cc2ccc(N3CCNC3=O)cc2)c1. The van der Waals surface area contributed by atoms with Gasteiger partial charge in [0.2, 0.25) is 0 Å². The number of rotatable bonds is 4. The summed E-state index contributed by atoms with van der Waals surface area (Å²) in [5.74, 6) is 6.35. The minimum atomic E-state index is -0.200. The Hall–Kier alpha value is -3.46. The number of urea groups is 1.